The van der Waals surface area contributed by atoms with Crippen molar-refractivity contribution in [2.45, 2.75) is 18.8 Å². The lowest BCUT2D eigenvalue weighted by atomic mass is 10.1. The molecule has 2 aromatic carbocycles. The van der Waals surface area contributed by atoms with Crippen molar-refractivity contribution in [3.8, 4) is 17.1 Å². The quantitative estimate of drug-likeness (QED) is 0.634. The van der Waals surface area contributed by atoms with Crippen molar-refractivity contribution in [2.24, 2.45) is 0 Å². The first-order chi connectivity index (χ1) is 13.0. The molecule has 27 heavy (non-hydrogen) atoms. The predicted molar refractivity (Wildman–Crippen MR) is 105 cm³/mol. The fraction of sp³-hybridized carbons (Fsp3) is 0.211. The number of ether oxygens (including phenoxy) is 1. The molecule has 0 radical (unpaired) electrons. The lowest BCUT2D eigenvalue weighted by molar-refractivity contribution is 0.102. The number of halogens is 2. The molecule has 6 nitrogen and oxygen atoms in total. The molecule has 138 valence electrons. The molecule has 3 aromatic rings. The van der Waals surface area contributed by atoms with Crippen LogP contribution in [-0.4, -0.2) is 28.2 Å². The molecule has 1 saturated carbocycles. The Morgan fingerprint density at radius 1 is 1.19 bits per heavy atom. The monoisotopic (exact) mass is 402 g/mol. The molecule has 0 bridgehead atoms. The predicted octanol–water partition coefficient (Wildman–Crippen LogP) is 4.92. The number of nitrogens with zero attached hydrogens (tertiary/aromatic N) is 2. The number of rotatable bonds is 5. The number of nitrogens with one attached hydrogen (secondary N) is 2. The third kappa shape index (κ3) is 3.77. The Hall–Kier alpha value is -2.57. The van der Waals surface area contributed by atoms with Crippen LogP contribution in [0.4, 0.5) is 5.69 Å². The van der Waals surface area contributed by atoms with Gasteiger partial charge in [0.05, 0.1) is 17.2 Å². The summed E-state index contributed by atoms with van der Waals surface area (Å²) in [5.41, 5.74) is 1.87. The van der Waals surface area contributed by atoms with Gasteiger partial charge in [0.2, 0.25) is 0 Å². The molecule has 1 aromatic heterocycles. The zero-order valence-electron chi connectivity index (χ0n) is 14.4. The second-order valence-electron chi connectivity index (χ2n) is 6.32. The molecule has 0 spiro atoms. The first-order valence-corrected chi connectivity index (χ1v) is 9.18. The maximum Gasteiger partial charge on any atom is 0.255 e. The van der Waals surface area contributed by atoms with E-state index in [1.165, 1.54) is 32.1 Å². The van der Waals surface area contributed by atoms with E-state index in [0.717, 1.165) is 11.4 Å². The van der Waals surface area contributed by atoms with Crippen LogP contribution in [0.1, 0.15) is 34.9 Å². The van der Waals surface area contributed by atoms with Crippen molar-refractivity contribution < 1.29 is 9.53 Å². The summed E-state index contributed by atoms with van der Waals surface area (Å²) in [7, 11) is 1.47. The highest BCUT2D eigenvalue weighted by molar-refractivity contribution is 6.37. The Labute approximate surface area is 165 Å². The fourth-order valence-electron chi connectivity index (χ4n) is 2.73. The van der Waals surface area contributed by atoms with Crippen molar-refractivity contribution in [3.63, 3.8) is 0 Å². The molecular formula is C19H16Cl2N4O2. The van der Waals surface area contributed by atoms with Gasteiger partial charge in [-0.3, -0.25) is 9.89 Å². The largest absolute Gasteiger partial charge is 0.494 e. The lowest BCUT2D eigenvalue weighted by Gasteiger charge is -2.09. The molecule has 2 N–H and O–H groups in total. The van der Waals surface area contributed by atoms with Crippen LogP contribution in [0.5, 0.6) is 5.75 Å². The van der Waals surface area contributed by atoms with Gasteiger partial charge in [-0.05, 0) is 49.2 Å². The van der Waals surface area contributed by atoms with Gasteiger partial charge in [0.15, 0.2) is 11.6 Å². The summed E-state index contributed by atoms with van der Waals surface area (Å²) in [6, 6.07) is 10.4. The van der Waals surface area contributed by atoms with Gasteiger partial charge in [0.1, 0.15) is 5.82 Å². The molecule has 1 aliphatic rings. The summed E-state index contributed by atoms with van der Waals surface area (Å²) < 4.78 is 5.09. The van der Waals surface area contributed by atoms with Gasteiger partial charge in [-0.2, -0.15) is 5.10 Å². The maximum atomic E-state index is 12.5. The zero-order chi connectivity index (χ0) is 19.0. The molecule has 8 heteroatoms. The molecular weight excluding hydrogens is 387 g/mol. The second-order valence-corrected chi connectivity index (χ2v) is 7.14. The van der Waals surface area contributed by atoms with Crippen LogP contribution < -0.4 is 10.1 Å². The van der Waals surface area contributed by atoms with Crippen molar-refractivity contribution >= 4 is 34.8 Å². The van der Waals surface area contributed by atoms with Crippen LogP contribution in [0.25, 0.3) is 11.4 Å². The van der Waals surface area contributed by atoms with Crippen molar-refractivity contribution in [3.05, 3.63) is 57.8 Å². The highest BCUT2D eigenvalue weighted by Crippen LogP contribution is 2.38. The number of hydrogen-bond donors (Lipinski definition) is 2. The topological polar surface area (TPSA) is 79.9 Å². The van der Waals surface area contributed by atoms with E-state index in [1.54, 1.807) is 12.1 Å². The Morgan fingerprint density at radius 2 is 1.85 bits per heavy atom. The lowest BCUT2D eigenvalue weighted by Crippen LogP contribution is -2.12. The normalized spacial score (nSPS) is 13.4. The number of anilines is 1. The molecule has 1 amide bonds. The summed E-state index contributed by atoms with van der Waals surface area (Å²) in [6.45, 7) is 0. The molecule has 0 atom stereocenters. The summed E-state index contributed by atoms with van der Waals surface area (Å²) in [4.78, 5) is 17.0. The van der Waals surface area contributed by atoms with E-state index >= 15 is 0 Å². The first-order valence-electron chi connectivity index (χ1n) is 8.42. The van der Waals surface area contributed by atoms with Gasteiger partial charge >= 0.3 is 0 Å². The van der Waals surface area contributed by atoms with E-state index < -0.39 is 0 Å². The van der Waals surface area contributed by atoms with E-state index in [-0.39, 0.29) is 16.0 Å². The minimum Gasteiger partial charge on any atom is -0.494 e. The zero-order valence-corrected chi connectivity index (χ0v) is 15.9. The van der Waals surface area contributed by atoms with Gasteiger partial charge in [-0.25, -0.2) is 4.98 Å². The first kappa shape index (κ1) is 17.8. The third-order valence-electron chi connectivity index (χ3n) is 4.33. The highest BCUT2D eigenvalue weighted by Gasteiger charge is 2.27. The van der Waals surface area contributed by atoms with Gasteiger partial charge in [-0.15, -0.1) is 0 Å². The highest BCUT2D eigenvalue weighted by atomic mass is 35.5. The minimum atomic E-state index is -0.317. The van der Waals surface area contributed by atoms with E-state index in [1.807, 2.05) is 12.1 Å². The number of H-pyrrole nitrogens is 1. The molecule has 0 saturated heterocycles. The van der Waals surface area contributed by atoms with Crippen LogP contribution in [0, 0.1) is 0 Å². The number of amides is 1. The van der Waals surface area contributed by atoms with E-state index in [0.29, 0.717) is 28.7 Å². The number of hydrogen-bond acceptors (Lipinski definition) is 4. The van der Waals surface area contributed by atoms with Crippen LogP contribution >= 0.6 is 23.2 Å². The fourth-order valence-corrected chi connectivity index (χ4v) is 3.38. The number of methoxy groups -OCH3 is 1. The molecule has 0 aliphatic heterocycles. The number of benzene rings is 2. The Bertz CT molecular complexity index is 974. The SMILES string of the molecule is COc1c(Cl)cc(C(=O)Nc2ccc(-c3n[nH]c(C4CC4)n3)cc2)cc1Cl. The molecule has 0 unspecified atom stereocenters. The van der Waals surface area contributed by atoms with Crippen LogP contribution in [0.2, 0.25) is 10.0 Å². The summed E-state index contributed by atoms with van der Waals surface area (Å²) in [5, 5.41) is 10.6. The number of carbonyl (C=O) groups is 1. The smallest absolute Gasteiger partial charge is 0.255 e. The summed E-state index contributed by atoms with van der Waals surface area (Å²) in [6.07, 6.45) is 2.33. The van der Waals surface area contributed by atoms with E-state index in [4.69, 9.17) is 27.9 Å². The van der Waals surface area contributed by atoms with Crippen LogP contribution in [-0.2, 0) is 0 Å². The maximum absolute atomic E-state index is 12.5. The second kappa shape index (κ2) is 7.21. The van der Waals surface area contributed by atoms with E-state index in [2.05, 4.69) is 20.5 Å². The van der Waals surface area contributed by atoms with Gasteiger partial charge < -0.3 is 10.1 Å². The molecule has 1 heterocycles. The van der Waals surface area contributed by atoms with Crippen molar-refractivity contribution in [1.82, 2.24) is 15.2 Å². The van der Waals surface area contributed by atoms with Gasteiger partial charge in [0, 0.05) is 22.7 Å². The summed E-state index contributed by atoms with van der Waals surface area (Å²) >= 11 is 12.2. The van der Waals surface area contributed by atoms with E-state index in [9.17, 15) is 4.79 Å². The van der Waals surface area contributed by atoms with Crippen LogP contribution in [0.3, 0.4) is 0 Å². The Balaban J connectivity index is 1.48. The van der Waals surface area contributed by atoms with Crippen LogP contribution in [0.15, 0.2) is 36.4 Å². The molecule has 1 aliphatic carbocycles. The average molecular weight is 403 g/mol. The number of aromatic amines is 1. The van der Waals surface area contributed by atoms with Gasteiger partial charge in [0.25, 0.3) is 5.91 Å². The Kier molecular flexibility index (Phi) is 4.76. The molecule has 1 fully saturated rings. The summed E-state index contributed by atoms with van der Waals surface area (Å²) in [5.74, 6) is 2.14. The molecule has 4 rings (SSSR count). The van der Waals surface area contributed by atoms with Crippen molar-refractivity contribution in [1.29, 1.82) is 0 Å². The van der Waals surface area contributed by atoms with Gasteiger partial charge in [-0.1, -0.05) is 23.2 Å². The third-order valence-corrected chi connectivity index (χ3v) is 4.89. The minimum absolute atomic E-state index is 0.279. The van der Waals surface area contributed by atoms with Crippen molar-refractivity contribution in [2.75, 3.05) is 12.4 Å². The number of carbonyl (C=O) groups excluding carboxylic acids is 1. The average Bonchev–Trinajstić information content (AvgIpc) is 3.39. The standard InChI is InChI=1S/C19H16Cl2N4O2/c1-27-16-14(20)8-12(9-15(16)21)19(26)22-13-6-4-11(5-7-13)18-23-17(24-25-18)10-2-3-10/h4-10H,2-3H2,1H3,(H,22,26)(H,23,24,25). The number of aromatic nitrogens is 3. The Morgan fingerprint density at radius 3 is 2.44 bits per heavy atom.